The van der Waals surface area contributed by atoms with Gasteiger partial charge in [0.2, 0.25) is 0 Å². The van der Waals surface area contributed by atoms with Gasteiger partial charge in [0.05, 0.1) is 6.61 Å². The largest absolute Gasteiger partial charge is 0.472 e. The number of ether oxygens (including phenoxy) is 2. The number of hydrogen-bond donors (Lipinski definition) is 6. The number of carbonyl (C=O) groups is 2. The molecule has 13 nitrogen and oxygen atoms in total. The van der Waals surface area contributed by atoms with Gasteiger partial charge in [0.1, 0.15) is 43.2 Å². The quantitative estimate of drug-likeness (QED) is 0.0147. The number of aliphatic hydroxyl groups is 5. The van der Waals surface area contributed by atoms with Gasteiger partial charge in [0.15, 0.2) is 6.10 Å². The van der Waals surface area contributed by atoms with Crippen LogP contribution in [-0.2, 0) is 32.7 Å². The van der Waals surface area contributed by atoms with Crippen molar-refractivity contribution in [2.75, 3.05) is 13.2 Å². The third-order valence-electron chi connectivity index (χ3n) is 11.2. The highest BCUT2D eigenvalue weighted by molar-refractivity contribution is 7.47. The van der Waals surface area contributed by atoms with Crippen molar-refractivity contribution in [2.24, 2.45) is 0 Å². The molecule has 1 aliphatic rings. The first-order valence-corrected chi connectivity index (χ1v) is 25.8. The number of aliphatic hydroxyl groups excluding tert-OH is 5. The van der Waals surface area contributed by atoms with Crippen molar-refractivity contribution in [1.29, 1.82) is 0 Å². The number of allylic oxidation sites excluding steroid dienone is 6. The zero-order valence-electron chi connectivity index (χ0n) is 38.4. The zero-order chi connectivity index (χ0) is 45.7. The van der Waals surface area contributed by atoms with Gasteiger partial charge < -0.3 is 39.9 Å². The van der Waals surface area contributed by atoms with Gasteiger partial charge in [0.25, 0.3) is 0 Å². The first kappa shape index (κ1) is 58.1. The van der Waals surface area contributed by atoms with Crippen LogP contribution in [0.3, 0.4) is 0 Å². The van der Waals surface area contributed by atoms with Crippen molar-refractivity contribution in [2.45, 2.75) is 243 Å². The summed E-state index contributed by atoms with van der Waals surface area (Å²) in [7, 11) is -5.12. The average Bonchev–Trinajstić information content (AvgIpc) is 3.25. The van der Waals surface area contributed by atoms with E-state index in [-0.39, 0.29) is 12.8 Å². The Morgan fingerprint density at radius 2 is 0.887 bits per heavy atom. The Balaban J connectivity index is 2.44. The van der Waals surface area contributed by atoms with Crippen molar-refractivity contribution >= 4 is 19.8 Å². The maximum atomic E-state index is 12.8. The predicted molar refractivity (Wildman–Crippen MR) is 244 cm³/mol. The van der Waals surface area contributed by atoms with Gasteiger partial charge in [-0.25, -0.2) is 4.57 Å². The van der Waals surface area contributed by atoms with Crippen LogP contribution in [0.2, 0.25) is 0 Å². The second-order valence-corrected chi connectivity index (χ2v) is 18.4. The molecule has 1 aliphatic carbocycles. The fourth-order valence-corrected chi connectivity index (χ4v) is 8.21. The van der Waals surface area contributed by atoms with Crippen LogP contribution in [0.4, 0.5) is 0 Å². The topological polar surface area (TPSA) is 210 Å². The van der Waals surface area contributed by atoms with E-state index in [1.165, 1.54) is 83.5 Å². The molecule has 6 unspecified atom stereocenters. The first-order valence-electron chi connectivity index (χ1n) is 24.3. The predicted octanol–water partition coefficient (Wildman–Crippen LogP) is 9.78. The molecule has 0 aromatic carbocycles. The zero-order valence-corrected chi connectivity index (χ0v) is 39.3. The van der Waals surface area contributed by atoms with Crippen molar-refractivity contribution in [3.63, 3.8) is 0 Å². The van der Waals surface area contributed by atoms with Gasteiger partial charge in [0, 0.05) is 12.8 Å². The van der Waals surface area contributed by atoms with Crippen molar-refractivity contribution in [3.8, 4) is 0 Å². The van der Waals surface area contributed by atoms with Gasteiger partial charge in [-0.1, -0.05) is 159 Å². The highest BCUT2D eigenvalue weighted by Gasteiger charge is 2.51. The van der Waals surface area contributed by atoms with E-state index < -0.39 is 75.7 Å². The fraction of sp³-hybridized carbons (Fsp3) is 0.833. The van der Waals surface area contributed by atoms with E-state index >= 15 is 0 Å². The monoisotopic (exact) mass is 903 g/mol. The molecule has 362 valence electrons. The van der Waals surface area contributed by atoms with Gasteiger partial charge in [-0.05, 0) is 64.2 Å². The number of hydrogen-bond acceptors (Lipinski definition) is 12. The molecule has 14 heteroatoms. The Morgan fingerprint density at radius 3 is 1.37 bits per heavy atom. The van der Waals surface area contributed by atoms with Gasteiger partial charge in [-0.3, -0.25) is 18.6 Å². The van der Waals surface area contributed by atoms with E-state index in [0.717, 1.165) is 77.0 Å². The molecule has 0 aromatic rings. The molecule has 8 atom stereocenters. The van der Waals surface area contributed by atoms with Crippen molar-refractivity contribution in [1.82, 2.24) is 0 Å². The summed E-state index contributed by atoms with van der Waals surface area (Å²) in [5.41, 5.74) is 0. The molecule has 0 amide bonds. The average molecular weight is 903 g/mol. The summed E-state index contributed by atoms with van der Waals surface area (Å²) < 4.78 is 33.5. The standard InChI is InChI=1S/C48H87O13P/c1-3-5-7-9-11-13-15-17-19-20-21-22-23-25-27-29-31-33-35-37-42(50)60-40(39-59-62(56,57)61-48-46(54)44(52)43(51)45(53)47(48)55)38-58-41(49)36-34-32-30-28-26-24-18-16-14-12-10-8-6-4-2/h10,12,16,18,20-21,40,43-48,51-55H,3-9,11,13-15,17,19,22-39H2,1-2H3,(H,56,57)/b12-10-,18-16-,21-20-/t40-,43?,44-,45?,46?,47?,48?/m1/s1. The number of carbonyl (C=O) groups excluding carboxylic acids is 2. The van der Waals surface area contributed by atoms with Crippen LogP contribution >= 0.6 is 7.82 Å². The van der Waals surface area contributed by atoms with E-state index in [9.17, 15) is 44.6 Å². The molecule has 0 heterocycles. The molecule has 0 bridgehead atoms. The van der Waals surface area contributed by atoms with E-state index in [2.05, 4.69) is 50.3 Å². The number of rotatable bonds is 40. The number of unbranched alkanes of at least 4 members (excludes halogenated alkanes) is 22. The van der Waals surface area contributed by atoms with E-state index in [0.29, 0.717) is 12.8 Å². The minimum absolute atomic E-state index is 0.0891. The van der Waals surface area contributed by atoms with Crippen LogP contribution < -0.4 is 0 Å². The lowest BCUT2D eigenvalue weighted by atomic mass is 9.85. The molecule has 0 radical (unpaired) electrons. The van der Waals surface area contributed by atoms with Crippen LogP contribution in [-0.4, -0.2) is 98.3 Å². The van der Waals surface area contributed by atoms with Crippen LogP contribution in [0.15, 0.2) is 36.5 Å². The molecule has 62 heavy (non-hydrogen) atoms. The van der Waals surface area contributed by atoms with Crippen LogP contribution in [0, 0.1) is 0 Å². The lowest BCUT2D eigenvalue weighted by Gasteiger charge is -2.41. The Hall–Kier alpha value is -1.93. The minimum atomic E-state index is -5.12. The summed E-state index contributed by atoms with van der Waals surface area (Å²) in [6, 6.07) is 0. The van der Waals surface area contributed by atoms with Crippen LogP contribution in [0.1, 0.15) is 200 Å². The Bertz CT molecular complexity index is 1230. The van der Waals surface area contributed by atoms with Crippen LogP contribution in [0.5, 0.6) is 0 Å². The maximum absolute atomic E-state index is 12.8. The lowest BCUT2D eigenvalue weighted by Crippen LogP contribution is -2.64. The number of esters is 2. The molecule has 1 rings (SSSR count). The second-order valence-electron chi connectivity index (χ2n) is 17.0. The van der Waals surface area contributed by atoms with Crippen molar-refractivity contribution < 1.29 is 63.1 Å². The maximum Gasteiger partial charge on any atom is 0.472 e. The fourth-order valence-electron chi connectivity index (χ4n) is 7.24. The highest BCUT2D eigenvalue weighted by Crippen LogP contribution is 2.47. The van der Waals surface area contributed by atoms with Crippen LogP contribution in [0.25, 0.3) is 0 Å². The second kappa shape index (κ2) is 38.3. The summed E-state index contributed by atoms with van der Waals surface area (Å²) in [6.45, 7) is 3.25. The first-order chi connectivity index (χ1) is 29.9. The molecule has 6 N–H and O–H groups in total. The van der Waals surface area contributed by atoms with E-state index in [1.54, 1.807) is 0 Å². The molecule has 1 fully saturated rings. The minimum Gasteiger partial charge on any atom is -0.462 e. The molecule has 0 aliphatic heterocycles. The molecule has 0 aromatic heterocycles. The smallest absolute Gasteiger partial charge is 0.462 e. The summed E-state index contributed by atoms with van der Waals surface area (Å²) in [6.07, 6.45) is 30.5. The Morgan fingerprint density at radius 1 is 0.500 bits per heavy atom. The normalized spacial score (nSPS) is 22.1. The Labute approximate surface area is 374 Å². The SMILES string of the molecule is CCCC/C=C\C/C=C\CCCCCCCC(=O)OC[C@H](COP(=O)(O)OC1C(O)C(O)C(O)[C@@H](O)C1O)OC(=O)CCCCCCCCC/C=C\CCCCCCCCCC. The summed E-state index contributed by atoms with van der Waals surface area (Å²) >= 11 is 0. The lowest BCUT2D eigenvalue weighted by molar-refractivity contribution is -0.220. The number of phosphoric ester groups is 1. The van der Waals surface area contributed by atoms with Gasteiger partial charge in [-0.2, -0.15) is 0 Å². The van der Waals surface area contributed by atoms with E-state index in [1.807, 2.05) is 0 Å². The van der Waals surface area contributed by atoms with Gasteiger partial charge in [-0.15, -0.1) is 0 Å². The molecular weight excluding hydrogens is 815 g/mol. The molecule has 0 saturated heterocycles. The molecule has 0 spiro atoms. The molecular formula is C48H87O13P. The third-order valence-corrected chi connectivity index (χ3v) is 12.2. The third kappa shape index (κ3) is 30.3. The Kier molecular flexibility index (Phi) is 35.9. The summed E-state index contributed by atoms with van der Waals surface area (Å²) in [5, 5.41) is 50.2. The van der Waals surface area contributed by atoms with E-state index in [4.69, 9.17) is 18.5 Å². The number of phosphoric acid groups is 1. The summed E-state index contributed by atoms with van der Waals surface area (Å²) in [5.74, 6) is -1.12. The van der Waals surface area contributed by atoms with Crippen molar-refractivity contribution in [3.05, 3.63) is 36.5 Å². The highest BCUT2D eigenvalue weighted by atomic mass is 31.2. The molecule has 1 saturated carbocycles. The summed E-state index contributed by atoms with van der Waals surface area (Å²) in [4.78, 5) is 35.7. The van der Waals surface area contributed by atoms with Gasteiger partial charge >= 0.3 is 19.8 Å².